The summed E-state index contributed by atoms with van der Waals surface area (Å²) >= 11 is 0. The molecule has 1 aliphatic rings. The van der Waals surface area contributed by atoms with Crippen LogP contribution in [0.3, 0.4) is 0 Å². The predicted octanol–water partition coefficient (Wildman–Crippen LogP) is 13.1. The first-order valence-corrected chi connectivity index (χ1v) is 17.5. The molecular formula is C49H33NO. The topological polar surface area (TPSA) is 16.4 Å². The van der Waals surface area contributed by atoms with Gasteiger partial charge in [-0.1, -0.05) is 140 Å². The number of nitrogens with zero attached hydrogens (tertiary/aromatic N) is 1. The zero-order valence-electron chi connectivity index (χ0n) is 27.9. The van der Waals surface area contributed by atoms with Crippen molar-refractivity contribution in [1.29, 1.82) is 0 Å². The van der Waals surface area contributed by atoms with Gasteiger partial charge in [-0.05, 0) is 105 Å². The second-order valence-electron chi connectivity index (χ2n) is 13.3. The summed E-state index contributed by atoms with van der Waals surface area (Å²) in [7, 11) is 0. The lowest BCUT2D eigenvalue weighted by atomic mass is 9.67. The molecule has 0 unspecified atom stereocenters. The number of hydrogen-bond acceptors (Lipinski definition) is 2. The van der Waals surface area contributed by atoms with E-state index >= 15 is 0 Å². The molecule has 0 fully saturated rings. The van der Waals surface area contributed by atoms with E-state index in [2.05, 4.69) is 205 Å². The Hall–Kier alpha value is -6.64. The maximum absolute atomic E-state index is 6.77. The van der Waals surface area contributed by atoms with Crippen molar-refractivity contribution in [2.75, 3.05) is 4.90 Å². The van der Waals surface area contributed by atoms with Crippen LogP contribution in [0, 0.1) is 0 Å². The highest BCUT2D eigenvalue weighted by molar-refractivity contribution is 6.09. The quantitative estimate of drug-likeness (QED) is 0.178. The first-order valence-electron chi connectivity index (χ1n) is 17.5. The molecule has 0 N–H and O–H groups in total. The van der Waals surface area contributed by atoms with E-state index in [1.165, 1.54) is 33.4 Å². The number of hydrogen-bond donors (Lipinski definition) is 0. The highest BCUT2D eigenvalue weighted by Crippen LogP contribution is 2.57. The lowest BCUT2D eigenvalue weighted by Gasteiger charge is -2.33. The van der Waals surface area contributed by atoms with Gasteiger partial charge in [-0.2, -0.15) is 0 Å². The van der Waals surface area contributed by atoms with Crippen LogP contribution in [0.15, 0.2) is 205 Å². The van der Waals surface area contributed by atoms with E-state index in [1.54, 1.807) is 0 Å². The fraction of sp³-hybridized carbons (Fsp3) is 0.0204. The number of para-hydroxylation sites is 2. The minimum Gasteiger partial charge on any atom is -0.456 e. The first kappa shape index (κ1) is 29.3. The van der Waals surface area contributed by atoms with E-state index < -0.39 is 5.41 Å². The molecule has 51 heavy (non-hydrogen) atoms. The molecule has 8 aromatic carbocycles. The van der Waals surface area contributed by atoms with Crippen molar-refractivity contribution in [2.45, 2.75) is 5.41 Å². The van der Waals surface area contributed by atoms with Gasteiger partial charge < -0.3 is 9.32 Å². The molecule has 2 heteroatoms. The molecule has 1 heterocycles. The molecule has 1 aliphatic carbocycles. The summed E-state index contributed by atoms with van der Waals surface area (Å²) in [4.78, 5) is 2.29. The van der Waals surface area contributed by atoms with E-state index in [0.29, 0.717) is 0 Å². The Morgan fingerprint density at radius 2 is 0.863 bits per heavy atom. The molecule has 240 valence electrons. The SMILES string of the molecule is c1ccc(N(c2ccccc2)c2ccc(-c3ccc4c(c3)oc3cc5c(cc34)-c3ccccc3C5(c3ccccc3)c3ccccc3)cc2)cc1. The van der Waals surface area contributed by atoms with E-state index in [-0.39, 0.29) is 0 Å². The normalized spacial score (nSPS) is 12.9. The molecule has 0 saturated carbocycles. The van der Waals surface area contributed by atoms with Gasteiger partial charge in [-0.25, -0.2) is 0 Å². The fourth-order valence-electron chi connectivity index (χ4n) is 8.29. The molecule has 0 aliphatic heterocycles. The molecule has 0 amide bonds. The number of furan rings is 1. The minimum absolute atomic E-state index is 0.456. The average Bonchev–Trinajstić information content (AvgIpc) is 3.71. The number of rotatable bonds is 6. The maximum atomic E-state index is 6.77. The van der Waals surface area contributed by atoms with Crippen molar-refractivity contribution in [3.8, 4) is 22.3 Å². The summed E-state index contributed by atoms with van der Waals surface area (Å²) in [6, 6.07) is 71.9. The summed E-state index contributed by atoms with van der Waals surface area (Å²) in [5, 5.41) is 2.26. The lowest BCUT2D eigenvalue weighted by Crippen LogP contribution is -2.28. The van der Waals surface area contributed by atoms with Crippen molar-refractivity contribution in [1.82, 2.24) is 0 Å². The third-order valence-electron chi connectivity index (χ3n) is 10.5. The van der Waals surface area contributed by atoms with Gasteiger partial charge in [0.25, 0.3) is 0 Å². The Labute approximate surface area is 297 Å². The van der Waals surface area contributed by atoms with Crippen molar-refractivity contribution >= 4 is 39.0 Å². The van der Waals surface area contributed by atoms with Crippen LogP contribution in [0.5, 0.6) is 0 Å². The van der Waals surface area contributed by atoms with Gasteiger partial charge in [0.2, 0.25) is 0 Å². The second-order valence-corrected chi connectivity index (χ2v) is 13.3. The molecule has 10 rings (SSSR count). The minimum atomic E-state index is -0.456. The highest BCUT2D eigenvalue weighted by atomic mass is 16.3. The van der Waals surface area contributed by atoms with Crippen LogP contribution in [-0.4, -0.2) is 0 Å². The number of fused-ring (bicyclic) bond motifs is 6. The third-order valence-corrected chi connectivity index (χ3v) is 10.5. The third kappa shape index (κ3) is 4.57. The monoisotopic (exact) mass is 651 g/mol. The van der Waals surface area contributed by atoms with E-state index in [1.807, 2.05) is 0 Å². The van der Waals surface area contributed by atoms with Crippen LogP contribution in [0.2, 0.25) is 0 Å². The van der Waals surface area contributed by atoms with Crippen LogP contribution in [0.4, 0.5) is 17.1 Å². The molecule has 0 saturated heterocycles. The molecule has 2 nitrogen and oxygen atoms in total. The van der Waals surface area contributed by atoms with Gasteiger partial charge in [0.05, 0.1) is 5.41 Å². The Morgan fingerprint density at radius 3 is 1.49 bits per heavy atom. The zero-order chi connectivity index (χ0) is 33.8. The smallest absolute Gasteiger partial charge is 0.136 e. The summed E-state index contributed by atoms with van der Waals surface area (Å²) in [5.74, 6) is 0. The Bertz CT molecular complexity index is 2580. The van der Waals surface area contributed by atoms with Crippen molar-refractivity contribution < 1.29 is 4.42 Å². The van der Waals surface area contributed by atoms with Crippen LogP contribution >= 0.6 is 0 Å². The van der Waals surface area contributed by atoms with E-state index in [4.69, 9.17) is 4.42 Å². The Balaban J connectivity index is 1.10. The Kier molecular flexibility index (Phi) is 6.75. The molecule has 0 spiro atoms. The van der Waals surface area contributed by atoms with Gasteiger partial charge in [-0.3, -0.25) is 0 Å². The zero-order valence-corrected chi connectivity index (χ0v) is 27.9. The van der Waals surface area contributed by atoms with Gasteiger partial charge in [0.15, 0.2) is 0 Å². The summed E-state index contributed by atoms with van der Waals surface area (Å²) < 4.78 is 6.77. The van der Waals surface area contributed by atoms with Crippen LogP contribution in [0.1, 0.15) is 22.3 Å². The van der Waals surface area contributed by atoms with Gasteiger partial charge in [0.1, 0.15) is 11.2 Å². The molecule has 0 bridgehead atoms. The standard InChI is InChI=1S/C49H33NO/c1-5-15-36(16-6-1)49(37-17-7-2-8-18-37)45-24-14-13-23-41(45)43-32-44-42-30-27-35(31-47(42)51-48(44)33-46(43)49)34-25-28-40(29-26-34)50(38-19-9-3-10-20-38)39-21-11-4-12-22-39/h1-33H. The van der Waals surface area contributed by atoms with Crippen molar-refractivity contribution in [2.24, 2.45) is 0 Å². The average molecular weight is 652 g/mol. The molecule has 1 aromatic heterocycles. The van der Waals surface area contributed by atoms with E-state index in [0.717, 1.165) is 50.1 Å². The van der Waals surface area contributed by atoms with Gasteiger partial charge in [0, 0.05) is 27.8 Å². The van der Waals surface area contributed by atoms with Gasteiger partial charge >= 0.3 is 0 Å². The second kappa shape index (κ2) is 11.8. The van der Waals surface area contributed by atoms with Crippen molar-refractivity contribution in [3.05, 3.63) is 222 Å². The molecule has 0 radical (unpaired) electrons. The fourth-order valence-corrected chi connectivity index (χ4v) is 8.29. The highest BCUT2D eigenvalue weighted by Gasteiger charge is 2.46. The Morgan fingerprint density at radius 1 is 0.353 bits per heavy atom. The summed E-state index contributed by atoms with van der Waals surface area (Å²) in [6.45, 7) is 0. The largest absolute Gasteiger partial charge is 0.456 e. The van der Waals surface area contributed by atoms with E-state index in [9.17, 15) is 0 Å². The molecule has 9 aromatic rings. The number of anilines is 3. The van der Waals surface area contributed by atoms with Crippen LogP contribution < -0.4 is 4.90 Å². The van der Waals surface area contributed by atoms with Crippen LogP contribution in [0.25, 0.3) is 44.2 Å². The lowest BCUT2D eigenvalue weighted by molar-refractivity contribution is 0.666. The maximum Gasteiger partial charge on any atom is 0.136 e. The molecule has 0 atom stereocenters. The number of benzene rings is 8. The van der Waals surface area contributed by atoms with Gasteiger partial charge in [-0.15, -0.1) is 0 Å². The summed E-state index contributed by atoms with van der Waals surface area (Å²) in [6.07, 6.45) is 0. The first-order chi connectivity index (χ1) is 25.3. The van der Waals surface area contributed by atoms with Crippen molar-refractivity contribution in [3.63, 3.8) is 0 Å². The van der Waals surface area contributed by atoms with Crippen LogP contribution in [-0.2, 0) is 5.41 Å². The summed E-state index contributed by atoms with van der Waals surface area (Å²) in [5.41, 5.74) is 14.6. The predicted molar refractivity (Wildman–Crippen MR) is 211 cm³/mol. The molecular weight excluding hydrogens is 619 g/mol.